The third kappa shape index (κ3) is 4.36. The number of fused-ring (bicyclic) bond motifs is 1. The van der Waals surface area contributed by atoms with Gasteiger partial charge >= 0.3 is 5.97 Å². The summed E-state index contributed by atoms with van der Waals surface area (Å²) in [5.74, 6) is 0.831. The van der Waals surface area contributed by atoms with E-state index in [-0.39, 0.29) is 12.5 Å². The highest BCUT2D eigenvalue weighted by atomic mass is 32.2. The predicted molar refractivity (Wildman–Crippen MR) is 90.7 cm³/mol. The number of ether oxygens (including phenoxy) is 3. The highest BCUT2D eigenvalue weighted by Crippen LogP contribution is 2.32. The van der Waals surface area contributed by atoms with Crippen LogP contribution in [-0.4, -0.2) is 60.2 Å². The fraction of sp³-hybridized carbons (Fsp3) is 0.438. The van der Waals surface area contributed by atoms with Crippen molar-refractivity contribution in [1.82, 2.24) is 4.90 Å². The van der Waals surface area contributed by atoms with Crippen LogP contribution < -0.4 is 14.8 Å². The van der Waals surface area contributed by atoms with Crippen LogP contribution in [0.15, 0.2) is 18.2 Å². The number of amides is 2. The topological polar surface area (TPSA) is 94.2 Å². The van der Waals surface area contributed by atoms with Crippen LogP contribution >= 0.6 is 11.8 Å². The smallest absolute Gasteiger partial charge is 0.326 e. The lowest BCUT2D eigenvalue weighted by molar-refractivity contribution is -0.155. The van der Waals surface area contributed by atoms with E-state index in [0.29, 0.717) is 42.0 Å². The summed E-state index contributed by atoms with van der Waals surface area (Å²) in [6, 6.07) is 5.04. The van der Waals surface area contributed by atoms with Gasteiger partial charge in [-0.25, -0.2) is 0 Å². The molecule has 0 aliphatic carbocycles. The maximum Gasteiger partial charge on any atom is 0.326 e. The molecule has 9 heteroatoms. The van der Waals surface area contributed by atoms with Gasteiger partial charge in [0.05, 0.1) is 11.6 Å². The fourth-order valence-corrected chi connectivity index (χ4v) is 3.25. The maximum absolute atomic E-state index is 12.2. The second-order valence-electron chi connectivity index (χ2n) is 5.55. The van der Waals surface area contributed by atoms with Gasteiger partial charge < -0.3 is 24.4 Å². The Labute approximate surface area is 148 Å². The molecular weight excluding hydrogens is 348 g/mol. The molecule has 0 bridgehead atoms. The van der Waals surface area contributed by atoms with E-state index in [2.05, 4.69) is 5.32 Å². The Bertz CT molecular complexity index is 695. The van der Waals surface area contributed by atoms with Gasteiger partial charge in [-0.2, -0.15) is 0 Å². The first-order valence-electron chi connectivity index (χ1n) is 7.78. The minimum Gasteiger partial charge on any atom is -0.486 e. The summed E-state index contributed by atoms with van der Waals surface area (Å²) in [7, 11) is 0. The van der Waals surface area contributed by atoms with E-state index < -0.39 is 18.0 Å². The summed E-state index contributed by atoms with van der Waals surface area (Å²) < 4.78 is 16.0. The molecule has 0 saturated carbocycles. The number of hydrogen-bond acceptors (Lipinski definition) is 7. The van der Waals surface area contributed by atoms with E-state index in [4.69, 9.17) is 14.2 Å². The molecule has 0 aromatic heterocycles. The number of carbonyl (C=O) groups excluding carboxylic acids is 3. The summed E-state index contributed by atoms with van der Waals surface area (Å²) >= 11 is 1.44. The Morgan fingerprint density at radius 3 is 2.80 bits per heavy atom. The van der Waals surface area contributed by atoms with Gasteiger partial charge in [-0.05, 0) is 19.1 Å². The molecule has 1 aromatic carbocycles. The average Bonchev–Trinajstić information content (AvgIpc) is 2.99. The lowest BCUT2D eigenvalue weighted by atomic mass is 10.2. The molecule has 3 rings (SSSR count). The first-order chi connectivity index (χ1) is 12.0. The van der Waals surface area contributed by atoms with Gasteiger partial charge in [0.25, 0.3) is 5.91 Å². The minimum atomic E-state index is -0.981. The zero-order chi connectivity index (χ0) is 17.8. The highest BCUT2D eigenvalue weighted by molar-refractivity contribution is 8.00. The van der Waals surface area contributed by atoms with Crippen LogP contribution in [0.5, 0.6) is 11.5 Å². The Kier molecular flexibility index (Phi) is 5.32. The van der Waals surface area contributed by atoms with E-state index in [9.17, 15) is 14.4 Å². The molecule has 0 unspecified atom stereocenters. The number of thioether (sulfide) groups is 1. The first-order valence-corrected chi connectivity index (χ1v) is 8.94. The molecule has 1 atom stereocenters. The molecule has 25 heavy (non-hydrogen) atoms. The van der Waals surface area contributed by atoms with Crippen molar-refractivity contribution in [3.05, 3.63) is 18.2 Å². The van der Waals surface area contributed by atoms with Crippen molar-refractivity contribution in [1.29, 1.82) is 0 Å². The molecule has 134 valence electrons. The number of esters is 1. The number of rotatable bonds is 5. The molecule has 0 radical (unpaired) electrons. The Balaban J connectivity index is 1.52. The zero-order valence-electron chi connectivity index (χ0n) is 13.6. The average molecular weight is 366 g/mol. The standard InChI is InChI=1S/C16H18N2O6S/c1-10(24-15(20)7-18-9-25-8-14(18)19)16(21)17-11-2-3-12-13(6-11)23-5-4-22-12/h2-3,6,10H,4-5,7-9H2,1H3,(H,17,21)/t10-/m1/s1. The second kappa shape index (κ2) is 7.64. The molecule has 2 aliphatic rings. The lowest BCUT2D eigenvalue weighted by Gasteiger charge is -2.20. The molecule has 0 spiro atoms. The third-order valence-corrected chi connectivity index (χ3v) is 4.58. The van der Waals surface area contributed by atoms with Crippen molar-refractivity contribution >= 4 is 35.2 Å². The molecule has 1 N–H and O–H groups in total. The van der Waals surface area contributed by atoms with Crippen LogP contribution in [0.2, 0.25) is 0 Å². The molecule has 2 heterocycles. The fourth-order valence-electron chi connectivity index (χ4n) is 2.35. The molecule has 1 fully saturated rings. The van der Waals surface area contributed by atoms with Gasteiger partial charge in [0.2, 0.25) is 5.91 Å². The molecule has 1 saturated heterocycles. The monoisotopic (exact) mass is 366 g/mol. The van der Waals surface area contributed by atoms with Crippen molar-refractivity contribution in [2.75, 3.05) is 36.7 Å². The normalized spacial score (nSPS) is 17.2. The summed E-state index contributed by atoms with van der Waals surface area (Å²) in [5, 5.41) is 2.66. The van der Waals surface area contributed by atoms with Crippen LogP contribution in [0.1, 0.15) is 6.92 Å². The number of nitrogens with zero attached hydrogens (tertiary/aromatic N) is 1. The van der Waals surface area contributed by atoms with Crippen LogP contribution in [0.25, 0.3) is 0 Å². The number of benzene rings is 1. The van der Waals surface area contributed by atoms with Crippen LogP contribution in [0.4, 0.5) is 5.69 Å². The van der Waals surface area contributed by atoms with Crippen molar-refractivity contribution in [2.45, 2.75) is 13.0 Å². The summed E-state index contributed by atoms with van der Waals surface area (Å²) in [5.41, 5.74) is 0.517. The third-order valence-electron chi connectivity index (χ3n) is 3.63. The van der Waals surface area contributed by atoms with E-state index in [1.807, 2.05) is 0 Å². The number of anilines is 1. The van der Waals surface area contributed by atoms with Gasteiger partial charge in [0.1, 0.15) is 19.8 Å². The predicted octanol–water partition coefficient (Wildman–Crippen LogP) is 0.861. The van der Waals surface area contributed by atoms with Crippen molar-refractivity contribution < 1.29 is 28.6 Å². The Hall–Kier alpha value is -2.42. The van der Waals surface area contributed by atoms with Gasteiger partial charge in [-0.1, -0.05) is 0 Å². The highest BCUT2D eigenvalue weighted by Gasteiger charge is 2.26. The summed E-state index contributed by atoms with van der Waals surface area (Å²) in [6.07, 6.45) is -0.981. The second-order valence-corrected chi connectivity index (χ2v) is 6.50. The van der Waals surface area contributed by atoms with Gasteiger partial charge in [0.15, 0.2) is 17.6 Å². The van der Waals surface area contributed by atoms with Crippen LogP contribution in [0.3, 0.4) is 0 Å². The van der Waals surface area contributed by atoms with E-state index in [0.717, 1.165) is 0 Å². The van der Waals surface area contributed by atoms with Crippen LogP contribution in [-0.2, 0) is 19.1 Å². The van der Waals surface area contributed by atoms with E-state index in [1.54, 1.807) is 18.2 Å². The molecule has 2 amide bonds. The maximum atomic E-state index is 12.2. The van der Waals surface area contributed by atoms with Gasteiger partial charge in [-0.3, -0.25) is 14.4 Å². The lowest BCUT2D eigenvalue weighted by Crippen LogP contribution is -2.36. The minimum absolute atomic E-state index is 0.102. The summed E-state index contributed by atoms with van der Waals surface area (Å²) in [6.45, 7) is 2.27. The molecule has 1 aromatic rings. The Morgan fingerprint density at radius 2 is 2.08 bits per heavy atom. The molecule has 8 nitrogen and oxygen atoms in total. The molecular formula is C16H18N2O6S. The Morgan fingerprint density at radius 1 is 1.32 bits per heavy atom. The number of carbonyl (C=O) groups is 3. The number of nitrogens with one attached hydrogen (secondary N) is 1. The largest absolute Gasteiger partial charge is 0.486 e. The summed E-state index contributed by atoms with van der Waals surface area (Å²) in [4.78, 5) is 36.9. The van der Waals surface area contributed by atoms with E-state index in [1.165, 1.54) is 23.6 Å². The van der Waals surface area contributed by atoms with Gasteiger partial charge in [-0.15, -0.1) is 11.8 Å². The first kappa shape index (κ1) is 17.4. The number of hydrogen-bond donors (Lipinski definition) is 1. The van der Waals surface area contributed by atoms with Crippen molar-refractivity contribution in [2.24, 2.45) is 0 Å². The zero-order valence-corrected chi connectivity index (χ0v) is 14.5. The van der Waals surface area contributed by atoms with Crippen molar-refractivity contribution in [3.63, 3.8) is 0 Å². The quantitative estimate of drug-likeness (QED) is 0.773. The van der Waals surface area contributed by atoms with E-state index >= 15 is 0 Å². The molecule has 2 aliphatic heterocycles. The van der Waals surface area contributed by atoms with Crippen LogP contribution in [0, 0.1) is 0 Å². The van der Waals surface area contributed by atoms with Crippen molar-refractivity contribution in [3.8, 4) is 11.5 Å². The van der Waals surface area contributed by atoms with Gasteiger partial charge in [0, 0.05) is 11.8 Å². The SMILES string of the molecule is C[C@@H](OC(=O)CN1CSCC1=O)C(=O)Nc1ccc2c(c1)OCCO2.